The Balaban J connectivity index is 2.12. The minimum atomic E-state index is 0.684. The maximum absolute atomic E-state index is 5.23. The zero-order valence-corrected chi connectivity index (χ0v) is 13.8. The summed E-state index contributed by atoms with van der Waals surface area (Å²) in [6, 6.07) is 13.9. The fourth-order valence-corrected chi connectivity index (χ4v) is 3.09. The summed E-state index contributed by atoms with van der Waals surface area (Å²) in [5.74, 6) is 1.54. The number of methoxy groups -OCH3 is 1. The zero-order chi connectivity index (χ0) is 14.1. The van der Waals surface area contributed by atoms with Gasteiger partial charge in [0.1, 0.15) is 15.0 Å². The van der Waals surface area contributed by atoms with Crippen molar-refractivity contribution >= 4 is 42.6 Å². The Bertz CT molecular complexity index is 770. The van der Waals surface area contributed by atoms with Gasteiger partial charge in [0, 0.05) is 11.6 Å². The van der Waals surface area contributed by atoms with Crippen LogP contribution in [0.1, 0.15) is 0 Å². The van der Waals surface area contributed by atoms with E-state index < -0.39 is 0 Å². The van der Waals surface area contributed by atoms with E-state index in [0.717, 1.165) is 31.3 Å². The van der Waals surface area contributed by atoms with Crippen LogP contribution in [0.2, 0.25) is 0 Å². The standard InChI is InChI=1S/C15H10Br2N2O/c1-20-12-5-4-9-6-11(3-2-10(9)7-12)15-18-13(16)8-14(17)19-15/h2-8H,1H3. The number of aromatic nitrogens is 2. The topological polar surface area (TPSA) is 35.0 Å². The maximum Gasteiger partial charge on any atom is 0.161 e. The van der Waals surface area contributed by atoms with Gasteiger partial charge in [0.15, 0.2) is 5.82 Å². The maximum atomic E-state index is 5.23. The molecule has 0 aliphatic carbocycles. The number of fused-ring (bicyclic) bond motifs is 1. The van der Waals surface area contributed by atoms with Crippen LogP contribution < -0.4 is 4.74 Å². The third-order valence-corrected chi connectivity index (χ3v) is 3.78. The molecule has 1 aromatic heterocycles. The first kappa shape index (κ1) is 13.5. The molecular formula is C15H10Br2N2O. The summed E-state index contributed by atoms with van der Waals surface area (Å²) in [7, 11) is 1.67. The van der Waals surface area contributed by atoms with Gasteiger partial charge < -0.3 is 4.74 Å². The second-order valence-electron chi connectivity index (χ2n) is 4.26. The number of benzene rings is 2. The summed E-state index contributed by atoms with van der Waals surface area (Å²) in [6.45, 7) is 0. The Labute approximate surface area is 133 Å². The van der Waals surface area contributed by atoms with Gasteiger partial charge in [0.25, 0.3) is 0 Å². The molecule has 2 aromatic carbocycles. The molecule has 0 saturated carbocycles. The molecule has 3 aromatic rings. The molecule has 0 spiro atoms. The molecule has 0 amide bonds. The molecule has 0 aliphatic heterocycles. The highest BCUT2D eigenvalue weighted by atomic mass is 79.9. The first-order valence-corrected chi connectivity index (χ1v) is 7.52. The summed E-state index contributed by atoms with van der Waals surface area (Å²) in [5.41, 5.74) is 0.977. The lowest BCUT2D eigenvalue weighted by molar-refractivity contribution is 0.415. The van der Waals surface area contributed by atoms with E-state index in [2.05, 4.69) is 47.9 Å². The highest BCUT2D eigenvalue weighted by Crippen LogP contribution is 2.27. The number of halogens is 2. The zero-order valence-electron chi connectivity index (χ0n) is 10.6. The van der Waals surface area contributed by atoms with Gasteiger partial charge in [0.05, 0.1) is 7.11 Å². The van der Waals surface area contributed by atoms with Gasteiger partial charge >= 0.3 is 0 Å². The van der Waals surface area contributed by atoms with Gasteiger partial charge in [-0.05, 0) is 60.8 Å². The minimum absolute atomic E-state index is 0.684. The molecule has 0 fully saturated rings. The number of rotatable bonds is 2. The average Bonchev–Trinajstić information content (AvgIpc) is 2.45. The Morgan fingerprint density at radius 2 is 1.50 bits per heavy atom. The highest BCUT2D eigenvalue weighted by Gasteiger charge is 2.06. The monoisotopic (exact) mass is 392 g/mol. The van der Waals surface area contributed by atoms with Crippen LogP contribution in [0, 0.1) is 0 Å². The molecule has 3 nitrogen and oxygen atoms in total. The third kappa shape index (κ3) is 2.69. The Morgan fingerprint density at radius 1 is 0.850 bits per heavy atom. The molecule has 0 saturated heterocycles. The van der Waals surface area contributed by atoms with Crippen molar-refractivity contribution in [3.63, 3.8) is 0 Å². The SMILES string of the molecule is COc1ccc2cc(-c3nc(Br)cc(Br)n3)ccc2c1. The summed E-state index contributed by atoms with van der Waals surface area (Å²) >= 11 is 6.76. The number of ether oxygens (including phenoxy) is 1. The smallest absolute Gasteiger partial charge is 0.161 e. The van der Waals surface area contributed by atoms with Crippen molar-refractivity contribution in [2.24, 2.45) is 0 Å². The first-order valence-electron chi connectivity index (χ1n) is 5.94. The van der Waals surface area contributed by atoms with Crippen molar-refractivity contribution < 1.29 is 4.74 Å². The van der Waals surface area contributed by atoms with Crippen LogP contribution in [-0.2, 0) is 0 Å². The molecule has 100 valence electrons. The van der Waals surface area contributed by atoms with Crippen molar-refractivity contribution in [1.29, 1.82) is 0 Å². The second-order valence-corrected chi connectivity index (χ2v) is 5.89. The first-order chi connectivity index (χ1) is 9.65. The van der Waals surface area contributed by atoms with E-state index >= 15 is 0 Å². The van der Waals surface area contributed by atoms with E-state index in [4.69, 9.17) is 4.74 Å². The number of nitrogens with zero attached hydrogens (tertiary/aromatic N) is 2. The van der Waals surface area contributed by atoms with Gasteiger partial charge in [-0.15, -0.1) is 0 Å². The predicted molar refractivity (Wildman–Crippen MR) is 86.9 cm³/mol. The van der Waals surface area contributed by atoms with E-state index in [0.29, 0.717) is 5.82 Å². The van der Waals surface area contributed by atoms with Gasteiger partial charge in [-0.25, -0.2) is 9.97 Å². The molecule has 0 unspecified atom stereocenters. The summed E-state index contributed by atoms with van der Waals surface area (Å²) < 4.78 is 6.74. The van der Waals surface area contributed by atoms with Crippen LogP contribution >= 0.6 is 31.9 Å². The van der Waals surface area contributed by atoms with E-state index in [9.17, 15) is 0 Å². The fraction of sp³-hybridized carbons (Fsp3) is 0.0667. The molecular weight excluding hydrogens is 384 g/mol. The molecule has 0 aliphatic rings. The lowest BCUT2D eigenvalue weighted by atomic mass is 10.1. The molecule has 5 heteroatoms. The van der Waals surface area contributed by atoms with Crippen LogP contribution in [0.25, 0.3) is 22.2 Å². The lowest BCUT2D eigenvalue weighted by Crippen LogP contribution is -1.90. The van der Waals surface area contributed by atoms with Crippen LogP contribution in [0.5, 0.6) is 5.75 Å². The van der Waals surface area contributed by atoms with Crippen LogP contribution in [0.15, 0.2) is 51.7 Å². The Hall–Kier alpha value is -1.46. The van der Waals surface area contributed by atoms with Crippen LogP contribution in [0.4, 0.5) is 0 Å². The largest absolute Gasteiger partial charge is 0.497 e. The van der Waals surface area contributed by atoms with Gasteiger partial charge in [-0.2, -0.15) is 0 Å². The molecule has 1 heterocycles. The molecule has 3 rings (SSSR count). The normalized spacial score (nSPS) is 10.8. The molecule has 0 N–H and O–H groups in total. The van der Waals surface area contributed by atoms with Crippen LogP contribution in [0.3, 0.4) is 0 Å². The average molecular weight is 394 g/mol. The van der Waals surface area contributed by atoms with Crippen molar-refractivity contribution in [1.82, 2.24) is 9.97 Å². The third-order valence-electron chi connectivity index (χ3n) is 2.97. The van der Waals surface area contributed by atoms with Gasteiger partial charge in [-0.1, -0.05) is 18.2 Å². The van der Waals surface area contributed by atoms with Crippen LogP contribution in [-0.4, -0.2) is 17.1 Å². The van der Waals surface area contributed by atoms with E-state index in [1.807, 2.05) is 36.4 Å². The number of hydrogen-bond donors (Lipinski definition) is 0. The molecule has 0 radical (unpaired) electrons. The van der Waals surface area contributed by atoms with Crippen molar-refractivity contribution in [3.05, 3.63) is 51.7 Å². The van der Waals surface area contributed by atoms with E-state index in [1.165, 1.54) is 0 Å². The highest BCUT2D eigenvalue weighted by molar-refractivity contribution is 9.11. The minimum Gasteiger partial charge on any atom is -0.497 e. The van der Waals surface area contributed by atoms with E-state index in [-0.39, 0.29) is 0 Å². The van der Waals surface area contributed by atoms with E-state index in [1.54, 1.807) is 7.11 Å². The predicted octanol–water partition coefficient (Wildman–Crippen LogP) is 4.83. The fourth-order valence-electron chi connectivity index (χ4n) is 2.01. The van der Waals surface area contributed by atoms with Crippen molar-refractivity contribution in [3.8, 4) is 17.1 Å². The number of hydrogen-bond acceptors (Lipinski definition) is 3. The van der Waals surface area contributed by atoms with Crippen molar-refractivity contribution in [2.45, 2.75) is 0 Å². The Kier molecular flexibility index (Phi) is 3.72. The van der Waals surface area contributed by atoms with Gasteiger partial charge in [0.2, 0.25) is 0 Å². The Morgan fingerprint density at radius 3 is 2.20 bits per heavy atom. The quantitative estimate of drug-likeness (QED) is 0.585. The molecule has 20 heavy (non-hydrogen) atoms. The molecule has 0 atom stereocenters. The second kappa shape index (κ2) is 5.50. The van der Waals surface area contributed by atoms with Crippen molar-refractivity contribution in [2.75, 3.05) is 7.11 Å². The van der Waals surface area contributed by atoms with Gasteiger partial charge in [-0.3, -0.25) is 0 Å². The lowest BCUT2D eigenvalue weighted by Gasteiger charge is -2.06. The summed E-state index contributed by atoms with van der Waals surface area (Å²) in [5, 5.41) is 2.25. The molecule has 0 bridgehead atoms. The summed E-state index contributed by atoms with van der Waals surface area (Å²) in [4.78, 5) is 8.79. The summed E-state index contributed by atoms with van der Waals surface area (Å²) in [6.07, 6.45) is 0.